The van der Waals surface area contributed by atoms with E-state index in [1.807, 2.05) is 0 Å². The van der Waals surface area contributed by atoms with Crippen molar-refractivity contribution in [1.82, 2.24) is 14.9 Å². The molecule has 0 radical (unpaired) electrons. The minimum atomic E-state index is -3.44. The molecule has 0 atom stereocenters. The number of ether oxygens (including phenoxy) is 1. The van der Waals surface area contributed by atoms with Crippen LogP contribution in [-0.2, 0) is 26.1 Å². The van der Waals surface area contributed by atoms with Gasteiger partial charge in [-0.15, -0.1) is 11.3 Å². The van der Waals surface area contributed by atoms with Crippen molar-refractivity contribution in [2.45, 2.75) is 17.2 Å². The van der Waals surface area contributed by atoms with Crippen LogP contribution >= 0.6 is 11.3 Å². The van der Waals surface area contributed by atoms with Crippen LogP contribution in [-0.4, -0.2) is 58.5 Å². The monoisotopic (exact) mass is 347 g/mol. The number of carbonyl (C=O) groups is 1. The number of morpholine rings is 1. The Morgan fingerprint density at radius 3 is 2.77 bits per heavy atom. The Morgan fingerprint density at radius 1 is 1.36 bits per heavy atom. The van der Waals surface area contributed by atoms with Gasteiger partial charge in [-0.05, 0) is 19.2 Å². The second-order valence-corrected chi connectivity index (χ2v) is 8.20. The van der Waals surface area contributed by atoms with E-state index in [1.165, 1.54) is 15.6 Å². The van der Waals surface area contributed by atoms with Gasteiger partial charge in [0.05, 0.1) is 19.8 Å². The van der Waals surface area contributed by atoms with Crippen molar-refractivity contribution in [2.75, 3.05) is 39.9 Å². The minimum absolute atomic E-state index is 0.0552. The van der Waals surface area contributed by atoms with Crippen molar-refractivity contribution < 1.29 is 17.9 Å². The number of thiophene rings is 1. The quantitative estimate of drug-likeness (QED) is 0.725. The maximum absolute atomic E-state index is 12.5. The third-order valence-electron chi connectivity index (χ3n) is 3.26. The number of nitrogens with one attached hydrogen (secondary N) is 2. The molecule has 124 valence electrons. The number of carbonyl (C=O) groups excluding carboxylic acids is 1. The molecule has 2 heterocycles. The number of sulfonamides is 1. The lowest BCUT2D eigenvalue weighted by molar-refractivity contribution is -0.121. The maximum atomic E-state index is 12.5. The van der Waals surface area contributed by atoms with E-state index in [2.05, 4.69) is 10.6 Å². The first-order chi connectivity index (χ1) is 10.5. The summed E-state index contributed by atoms with van der Waals surface area (Å²) < 4.78 is 31.9. The topological polar surface area (TPSA) is 87.7 Å². The number of amides is 1. The van der Waals surface area contributed by atoms with Crippen LogP contribution in [0.3, 0.4) is 0 Å². The summed E-state index contributed by atoms with van der Waals surface area (Å²) in [6, 6.07) is 3.35. The van der Waals surface area contributed by atoms with E-state index in [0.717, 1.165) is 4.88 Å². The fourth-order valence-electron chi connectivity index (χ4n) is 2.02. The lowest BCUT2D eigenvalue weighted by atomic mass is 10.4. The maximum Gasteiger partial charge on any atom is 0.252 e. The Kier molecular flexibility index (Phi) is 6.33. The first-order valence-corrected chi connectivity index (χ1v) is 9.37. The van der Waals surface area contributed by atoms with Gasteiger partial charge in [-0.25, -0.2) is 8.42 Å². The first-order valence-electron chi connectivity index (χ1n) is 7.12. The average Bonchev–Trinajstić information content (AvgIpc) is 3.01. The molecule has 9 heteroatoms. The van der Waals surface area contributed by atoms with Gasteiger partial charge in [0.2, 0.25) is 5.91 Å². The lowest BCUT2D eigenvalue weighted by Gasteiger charge is -2.25. The molecule has 0 spiro atoms. The van der Waals surface area contributed by atoms with Gasteiger partial charge in [0.15, 0.2) is 0 Å². The summed E-state index contributed by atoms with van der Waals surface area (Å²) in [5, 5.41) is 5.69. The van der Waals surface area contributed by atoms with E-state index < -0.39 is 10.0 Å². The SMILES string of the molecule is CNCCC(=O)NCc1ccc(S(=O)(=O)N2CCOCC2)s1. The molecule has 1 amide bonds. The Morgan fingerprint density at radius 2 is 2.09 bits per heavy atom. The van der Waals surface area contributed by atoms with E-state index in [9.17, 15) is 13.2 Å². The third-order valence-corrected chi connectivity index (χ3v) is 6.71. The molecule has 0 saturated carbocycles. The highest BCUT2D eigenvalue weighted by atomic mass is 32.2. The molecule has 1 fully saturated rings. The molecule has 0 aromatic carbocycles. The third kappa shape index (κ3) is 4.50. The predicted molar refractivity (Wildman–Crippen MR) is 84.3 cm³/mol. The van der Waals surface area contributed by atoms with Crippen LogP contribution in [0.2, 0.25) is 0 Å². The molecule has 0 bridgehead atoms. The van der Waals surface area contributed by atoms with E-state index in [1.54, 1.807) is 19.2 Å². The zero-order valence-corrected chi connectivity index (χ0v) is 14.1. The Balaban J connectivity index is 1.94. The number of hydrogen-bond acceptors (Lipinski definition) is 6. The molecular formula is C13H21N3O4S2. The van der Waals surface area contributed by atoms with Crippen molar-refractivity contribution in [1.29, 1.82) is 0 Å². The fourth-order valence-corrected chi connectivity index (χ4v) is 4.88. The minimum Gasteiger partial charge on any atom is -0.379 e. The molecule has 7 nitrogen and oxygen atoms in total. The summed E-state index contributed by atoms with van der Waals surface area (Å²) in [7, 11) is -1.66. The molecular weight excluding hydrogens is 326 g/mol. The normalized spacial score (nSPS) is 16.6. The van der Waals surface area contributed by atoms with Gasteiger partial charge >= 0.3 is 0 Å². The molecule has 1 aromatic rings. The summed E-state index contributed by atoms with van der Waals surface area (Å²) in [5.41, 5.74) is 0. The van der Waals surface area contributed by atoms with Crippen molar-refractivity contribution >= 4 is 27.3 Å². The van der Waals surface area contributed by atoms with Gasteiger partial charge < -0.3 is 15.4 Å². The van der Waals surface area contributed by atoms with Gasteiger partial charge in [-0.1, -0.05) is 0 Å². The first kappa shape index (κ1) is 17.4. The molecule has 1 saturated heterocycles. The highest BCUT2D eigenvalue weighted by Gasteiger charge is 2.27. The molecule has 0 aliphatic carbocycles. The molecule has 1 aromatic heterocycles. The van der Waals surface area contributed by atoms with Gasteiger partial charge in [0.25, 0.3) is 10.0 Å². The van der Waals surface area contributed by atoms with E-state index in [0.29, 0.717) is 50.0 Å². The zero-order valence-electron chi connectivity index (χ0n) is 12.5. The summed E-state index contributed by atoms with van der Waals surface area (Å²) in [6.45, 7) is 2.60. The Labute approximate surface area is 134 Å². The number of hydrogen-bond donors (Lipinski definition) is 2. The predicted octanol–water partition coefficient (Wildman–Crippen LogP) is -0.00530. The van der Waals surface area contributed by atoms with E-state index in [-0.39, 0.29) is 5.91 Å². The molecule has 1 aliphatic rings. The summed E-state index contributed by atoms with van der Waals surface area (Å²) in [4.78, 5) is 12.4. The van der Waals surface area contributed by atoms with Crippen LogP contribution < -0.4 is 10.6 Å². The summed E-state index contributed by atoms with van der Waals surface area (Å²) >= 11 is 1.20. The fraction of sp³-hybridized carbons (Fsp3) is 0.615. The van der Waals surface area contributed by atoms with Crippen molar-refractivity contribution in [2.24, 2.45) is 0 Å². The molecule has 2 N–H and O–H groups in total. The van der Waals surface area contributed by atoms with Crippen molar-refractivity contribution in [3.8, 4) is 0 Å². The molecule has 2 rings (SSSR count). The Hall–Kier alpha value is -1.00. The van der Waals surface area contributed by atoms with E-state index in [4.69, 9.17) is 4.74 Å². The molecule has 0 unspecified atom stereocenters. The van der Waals surface area contributed by atoms with Crippen LogP contribution in [0.15, 0.2) is 16.3 Å². The standard InChI is InChI=1S/C13H21N3O4S2/c1-14-5-4-12(17)15-10-11-2-3-13(21-11)22(18,19)16-6-8-20-9-7-16/h2-3,14H,4-10H2,1H3,(H,15,17). The van der Waals surface area contributed by atoms with Crippen molar-refractivity contribution in [3.63, 3.8) is 0 Å². The van der Waals surface area contributed by atoms with Gasteiger partial charge in [0.1, 0.15) is 4.21 Å². The van der Waals surface area contributed by atoms with E-state index >= 15 is 0 Å². The lowest BCUT2D eigenvalue weighted by Crippen LogP contribution is -2.40. The Bertz CT molecular complexity index is 594. The van der Waals surface area contributed by atoms with Crippen LogP contribution in [0, 0.1) is 0 Å². The van der Waals surface area contributed by atoms with Crippen LogP contribution in [0.5, 0.6) is 0 Å². The summed E-state index contributed by atoms with van der Waals surface area (Å²) in [5.74, 6) is -0.0552. The second-order valence-electron chi connectivity index (χ2n) is 4.87. The van der Waals surface area contributed by atoms with Crippen LogP contribution in [0.1, 0.15) is 11.3 Å². The number of nitrogens with zero attached hydrogens (tertiary/aromatic N) is 1. The smallest absolute Gasteiger partial charge is 0.252 e. The van der Waals surface area contributed by atoms with Crippen molar-refractivity contribution in [3.05, 3.63) is 17.0 Å². The second kappa shape index (κ2) is 8.02. The number of rotatable bonds is 7. The highest BCUT2D eigenvalue weighted by molar-refractivity contribution is 7.91. The van der Waals surface area contributed by atoms with Crippen LogP contribution in [0.25, 0.3) is 0 Å². The largest absolute Gasteiger partial charge is 0.379 e. The van der Waals surface area contributed by atoms with Gasteiger partial charge in [-0.2, -0.15) is 4.31 Å². The summed E-state index contributed by atoms with van der Waals surface area (Å²) in [6.07, 6.45) is 0.404. The zero-order chi connectivity index (χ0) is 16.0. The average molecular weight is 347 g/mol. The van der Waals surface area contributed by atoms with Gasteiger partial charge in [-0.3, -0.25) is 4.79 Å². The highest BCUT2D eigenvalue weighted by Crippen LogP contribution is 2.25. The molecule has 22 heavy (non-hydrogen) atoms. The molecule has 1 aliphatic heterocycles. The van der Waals surface area contributed by atoms with Crippen LogP contribution in [0.4, 0.5) is 0 Å². The van der Waals surface area contributed by atoms with Gasteiger partial charge in [0, 0.05) is 30.9 Å².